The van der Waals surface area contributed by atoms with Crippen LogP contribution in [-0.2, 0) is 13.0 Å². The van der Waals surface area contributed by atoms with Gasteiger partial charge in [-0.3, -0.25) is 0 Å². The highest BCUT2D eigenvalue weighted by atomic mass is 35.5. The maximum atomic E-state index is 6.30. The normalized spacial score (nSPS) is 13.6. The lowest BCUT2D eigenvalue weighted by Gasteiger charge is -2.20. The van der Waals surface area contributed by atoms with Gasteiger partial charge < -0.3 is 20.1 Å². The topological polar surface area (TPSA) is 67.8 Å². The van der Waals surface area contributed by atoms with E-state index in [0.717, 1.165) is 41.7 Å². The first-order valence-electron chi connectivity index (χ1n) is 9.10. The van der Waals surface area contributed by atoms with E-state index in [4.69, 9.17) is 21.1 Å². The van der Waals surface area contributed by atoms with Crippen molar-refractivity contribution in [3.05, 3.63) is 38.3 Å². The monoisotopic (exact) mass is 408 g/mol. The number of thiazole rings is 1. The average Bonchev–Trinajstić information content (AvgIpc) is 2.97. The molecule has 0 atom stereocenters. The number of halogens is 1. The van der Waals surface area contributed by atoms with Gasteiger partial charge in [-0.1, -0.05) is 11.6 Å². The van der Waals surface area contributed by atoms with Crippen LogP contribution in [0.4, 0.5) is 0 Å². The molecule has 0 aliphatic carbocycles. The van der Waals surface area contributed by atoms with Gasteiger partial charge >= 0.3 is 0 Å². The summed E-state index contributed by atoms with van der Waals surface area (Å²) in [5, 5.41) is 8.33. The van der Waals surface area contributed by atoms with Gasteiger partial charge in [-0.25, -0.2) is 9.98 Å². The summed E-state index contributed by atoms with van der Waals surface area (Å²) in [4.78, 5) is 10.5. The van der Waals surface area contributed by atoms with Crippen molar-refractivity contribution in [3.63, 3.8) is 0 Å². The Morgan fingerprint density at radius 3 is 2.81 bits per heavy atom. The quantitative estimate of drug-likeness (QED) is 0.565. The van der Waals surface area contributed by atoms with E-state index in [0.29, 0.717) is 36.3 Å². The van der Waals surface area contributed by atoms with Gasteiger partial charge in [0.1, 0.15) is 13.2 Å². The number of fused-ring (bicyclic) bond motifs is 1. The maximum Gasteiger partial charge on any atom is 0.191 e. The zero-order chi connectivity index (χ0) is 19.2. The molecule has 2 heterocycles. The lowest BCUT2D eigenvalue weighted by molar-refractivity contribution is 0.171. The Balaban J connectivity index is 1.60. The SMILES string of the molecule is CCNC(=NCc1cc(Cl)c2c(c1)OCCO2)NCCc1nc(C)c(C)s1. The van der Waals surface area contributed by atoms with E-state index in [1.54, 1.807) is 11.3 Å². The molecule has 27 heavy (non-hydrogen) atoms. The minimum Gasteiger partial charge on any atom is -0.486 e. The zero-order valence-electron chi connectivity index (χ0n) is 15.9. The standard InChI is InChI=1S/C19H25ClN4O2S/c1-4-21-19(22-6-5-17-24-12(2)13(3)27-17)23-11-14-9-15(20)18-16(10-14)25-7-8-26-18/h9-10H,4-8,11H2,1-3H3,(H2,21,22,23). The summed E-state index contributed by atoms with van der Waals surface area (Å²) in [6.07, 6.45) is 0.875. The molecule has 1 aliphatic heterocycles. The summed E-state index contributed by atoms with van der Waals surface area (Å²) in [6.45, 7) is 9.34. The molecule has 0 bridgehead atoms. The molecule has 6 nitrogen and oxygen atoms in total. The Bertz CT molecular complexity index is 803. The van der Waals surface area contributed by atoms with Crippen molar-refractivity contribution in [3.8, 4) is 11.5 Å². The molecule has 0 saturated carbocycles. The van der Waals surface area contributed by atoms with E-state index in [2.05, 4.69) is 27.5 Å². The smallest absolute Gasteiger partial charge is 0.191 e. The fourth-order valence-corrected chi connectivity index (χ4v) is 3.92. The van der Waals surface area contributed by atoms with Crippen LogP contribution in [0.25, 0.3) is 0 Å². The van der Waals surface area contributed by atoms with Crippen molar-refractivity contribution < 1.29 is 9.47 Å². The predicted octanol–water partition coefficient (Wildman–Crippen LogP) is 3.48. The second-order valence-corrected chi connectivity index (χ2v) is 7.92. The molecule has 1 aromatic heterocycles. The Labute approximate surface area is 169 Å². The van der Waals surface area contributed by atoms with Gasteiger partial charge in [-0.2, -0.15) is 0 Å². The van der Waals surface area contributed by atoms with E-state index in [9.17, 15) is 0 Å². The van der Waals surface area contributed by atoms with E-state index >= 15 is 0 Å². The molecule has 1 aromatic carbocycles. The summed E-state index contributed by atoms with van der Waals surface area (Å²) in [5.41, 5.74) is 2.10. The van der Waals surface area contributed by atoms with E-state index in [-0.39, 0.29) is 0 Å². The number of hydrogen-bond acceptors (Lipinski definition) is 5. The molecule has 0 fully saturated rings. The van der Waals surface area contributed by atoms with Gasteiger partial charge in [-0.05, 0) is 38.5 Å². The van der Waals surface area contributed by atoms with Crippen molar-refractivity contribution in [1.82, 2.24) is 15.6 Å². The van der Waals surface area contributed by atoms with Crippen molar-refractivity contribution >= 4 is 28.9 Å². The van der Waals surface area contributed by atoms with Gasteiger partial charge in [0.15, 0.2) is 17.5 Å². The third kappa shape index (κ3) is 5.26. The van der Waals surface area contributed by atoms with Gasteiger partial charge in [0.25, 0.3) is 0 Å². The van der Waals surface area contributed by atoms with Crippen molar-refractivity contribution in [1.29, 1.82) is 0 Å². The predicted molar refractivity (Wildman–Crippen MR) is 111 cm³/mol. The number of rotatable bonds is 6. The second-order valence-electron chi connectivity index (χ2n) is 6.22. The van der Waals surface area contributed by atoms with Gasteiger partial charge in [0.05, 0.1) is 22.3 Å². The summed E-state index contributed by atoms with van der Waals surface area (Å²) >= 11 is 8.05. The van der Waals surface area contributed by atoms with Gasteiger partial charge in [0, 0.05) is 24.4 Å². The van der Waals surface area contributed by atoms with Crippen LogP contribution in [0.2, 0.25) is 5.02 Å². The van der Waals surface area contributed by atoms with Gasteiger partial charge in [-0.15, -0.1) is 11.3 Å². The van der Waals surface area contributed by atoms with E-state index < -0.39 is 0 Å². The molecule has 0 saturated heterocycles. The largest absolute Gasteiger partial charge is 0.486 e. The number of aryl methyl sites for hydroxylation is 2. The molecule has 146 valence electrons. The molecule has 2 N–H and O–H groups in total. The van der Waals surface area contributed by atoms with Crippen LogP contribution >= 0.6 is 22.9 Å². The zero-order valence-corrected chi connectivity index (χ0v) is 17.5. The molecule has 0 amide bonds. The van der Waals surface area contributed by atoms with Crippen LogP contribution in [-0.4, -0.2) is 37.2 Å². The van der Waals surface area contributed by atoms with E-state index in [1.165, 1.54) is 4.88 Å². The lowest BCUT2D eigenvalue weighted by atomic mass is 10.2. The summed E-state index contributed by atoms with van der Waals surface area (Å²) in [5.74, 6) is 2.08. The molecule has 3 rings (SSSR count). The summed E-state index contributed by atoms with van der Waals surface area (Å²) in [6, 6.07) is 3.82. The third-order valence-electron chi connectivity index (χ3n) is 4.12. The highest BCUT2D eigenvalue weighted by molar-refractivity contribution is 7.11. The lowest BCUT2D eigenvalue weighted by Crippen LogP contribution is -2.38. The first-order valence-corrected chi connectivity index (χ1v) is 10.3. The maximum absolute atomic E-state index is 6.30. The number of nitrogens with one attached hydrogen (secondary N) is 2. The molecule has 2 aromatic rings. The number of nitrogens with zero attached hydrogens (tertiary/aromatic N) is 2. The Morgan fingerprint density at radius 1 is 1.26 bits per heavy atom. The molecule has 8 heteroatoms. The van der Waals surface area contributed by atoms with Crippen molar-refractivity contribution in [2.24, 2.45) is 4.99 Å². The van der Waals surface area contributed by atoms with Crippen LogP contribution in [0.5, 0.6) is 11.5 Å². The fraction of sp³-hybridized carbons (Fsp3) is 0.474. The highest BCUT2D eigenvalue weighted by Crippen LogP contribution is 2.38. The Morgan fingerprint density at radius 2 is 2.07 bits per heavy atom. The summed E-state index contributed by atoms with van der Waals surface area (Å²) in [7, 11) is 0. The third-order valence-corrected chi connectivity index (χ3v) is 5.54. The Kier molecular flexibility index (Phi) is 6.79. The number of aromatic nitrogens is 1. The number of hydrogen-bond donors (Lipinski definition) is 2. The number of guanidine groups is 1. The first kappa shape index (κ1) is 19.8. The van der Waals surface area contributed by atoms with Crippen LogP contribution in [0, 0.1) is 13.8 Å². The molecule has 0 radical (unpaired) electrons. The fourth-order valence-electron chi connectivity index (χ4n) is 2.70. The number of benzene rings is 1. The number of aliphatic imine (C=N–C) groups is 1. The molecule has 0 spiro atoms. The van der Waals surface area contributed by atoms with Crippen molar-refractivity contribution in [2.75, 3.05) is 26.3 Å². The number of ether oxygens (including phenoxy) is 2. The van der Waals surface area contributed by atoms with Crippen LogP contribution in [0.3, 0.4) is 0 Å². The van der Waals surface area contributed by atoms with Crippen LogP contribution in [0.1, 0.15) is 28.1 Å². The van der Waals surface area contributed by atoms with Gasteiger partial charge in [0.2, 0.25) is 0 Å². The minimum absolute atomic E-state index is 0.501. The minimum atomic E-state index is 0.501. The van der Waals surface area contributed by atoms with Crippen LogP contribution in [0.15, 0.2) is 17.1 Å². The molecular weight excluding hydrogens is 384 g/mol. The Hall–Kier alpha value is -1.99. The molecular formula is C19H25ClN4O2S. The first-order chi connectivity index (χ1) is 13.1. The average molecular weight is 409 g/mol. The van der Waals surface area contributed by atoms with Crippen LogP contribution < -0.4 is 20.1 Å². The molecule has 0 unspecified atom stereocenters. The highest BCUT2D eigenvalue weighted by Gasteiger charge is 2.16. The van der Waals surface area contributed by atoms with Crippen molar-refractivity contribution in [2.45, 2.75) is 33.7 Å². The second kappa shape index (κ2) is 9.28. The van der Waals surface area contributed by atoms with E-state index in [1.807, 2.05) is 26.0 Å². The molecule has 1 aliphatic rings. The summed E-state index contributed by atoms with van der Waals surface area (Å²) < 4.78 is 11.2.